The van der Waals surface area contributed by atoms with Gasteiger partial charge in [-0.3, -0.25) is 0 Å². The van der Waals surface area contributed by atoms with Gasteiger partial charge in [-0.1, -0.05) is 40.7 Å². The predicted octanol–water partition coefficient (Wildman–Crippen LogP) is 3.35. The Kier molecular flexibility index (Phi) is 8.73. The first-order valence-electron chi connectivity index (χ1n) is 4.84. The number of rotatable bonds is 3. The molecule has 0 amide bonds. The second-order valence-corrected chi connectivity index (χ2v) is 4.00. The second kappa shape index (κ2) is 7.35. The van der Waals surface area contributed by atoms with Crippen LogP contribution in [0.1, 0.15) is 47.5 Å². The first kappa shape index (κ1) is 14.2. The number of hydrogen-bond acceptors (Lipinski definition) is 1. The van der Waals surface area contributed by atoms with E-state index < -0.39 is 0 Å². The lowest BCUT2D eigenvalue weighted by atomic mass is 9.89. The van der Waals surface area contributed by atoms with Crippen molar-refractivity contribution in [1.29, 1.82) is 0 Å². The van der Waals surface area contributed by atoms with Crippen molar-refractivity contribution in [3.8, 4) is 0 Å². The summed E-state index contributed by atoms with van der Waals surface area (Å²) >= 11 is 0. The molecule has 1 nitrogen and oxygen atoms in total. The van der Waals surface area contributed by atoms with Crippen LogP contribution in [-0.4, -0.2) is 6.04 Å². The molecule has 1 atom stereocenters. The van der Waals surface area contributed by atoms with E-state index in [0.29, 0.717) is 5.41 Å². The Morgan fingerprint density at radius 2 is 1.75 bits per heavy atom. The van der Waals surface area contributed by atoms with Gasteiger partial charge in [0.05, 0.1) is 0 Å². The summed E-state index contributed by atoms with van der Waals surface area (Å²) in [4.78, 5) is 0. The van der Waals surface area contributed by atoms with Gasteiger partial charge in [-0.15, -0.1) is 6.58 Å². The zero-order chi connectivity index (χ0) is 10.2. The molecular formula is C11H25N. The third kappa shape index (κ3) is 12.4. The molecule has 0 saturated carbocycles. The predicted molar refractivity (Wildman–Crippen MR) is 58.2 cm³/mol. The molecule has 0 saturated heterocycles. The fraction of sp³-hybridized carbons (Fsp3) is 0.818. The molecule has 0 bridgehead atoms. The Morgan fingerprint density at radius 1 is 1.33 bits per heavy atom. The van der Waals surface area contributed by atoms with E-state index in [4.69, 9.17) is 5.73 Å². The molecular weight excluding hydrogens is 146 g/mol. The van der Waals surface area contributed by atoms with Crippen LogP contribution in [0.4, 0.5) is 0 Å². The van der Waals surface area contributed by atoms with Crippen molar-refractivity contribution in [2.45, 2.75) is 53.5 Å². The van der Waals surface area contributed by atoms with Crippen LogP contribution >= 0.6 is 0 Å². The zero-order valence-corrected chi connectivity index (χ0v) is 9.35. The first-order valence-corrected chi connectivity index (χ1v) is 4.84. The smallest absolute Gasteiger partial charge is 0.0221 e. The maximum Gasteiger partial charge on any atom is 0.0221 e. The second-order valence-electron chi connectivity index (χ2n) is 4.00. The third-order valence-electron chi connectivity index (χ3n) is 1.53. The molecule has 0 aromatic rings. The molecule has 0 aliphatic heterocycles. The number of nitrogens with two attached hydrogens (primary N) is 1. The fourth-order valence-corrected chi connectivity index (χ4v) is 0.718. The fourth-order valence-electron chi connectivity index (χ4n) is 0.718. The molecule has 0 heterocycles. The normalized spacial score (nSPS) is 12.8. The van der Waals surface area contributed by atoms with E-state index in [0.717, 1.165) is 6.42 Å². The van der Waals surface area contributed by atoms with Crippen LogP contribution in [0.3, 0.4) is 0 Å². The SMILES string of the molecule is C=CC(N)CCC(C)(C)C.CC. The van der Waals surface area contributed by atoms with Gasteiger partial charge in [-0.25, -0.2) is 0 Å². The minimum atomic E-state index is 0.180. The highest BCUT2D eigenvalue weighted by molar-refractivity contribution is 4.83. The van der Waals surface area contributed by atoms with Gasteiger partial charge in [0.25, 0.3) is 0 Å². The zero-order valence-electron chi connectivity index (χ0n) is 9.35. The van der Waals surface area contributed by atoms with E-state index in [1.165, 1.54) is 6.42 Å². The van der Waals surface area contributed by atoms with Crippen molar-refractivity contribution >= 4 is 0 Å². The van der Waals surface area contributed by atoms with Crippen molar-refractivity contribution in [3.05, 3.63) is 12.7 Å². The molecule has 0 rings (SSSR count). The lowest BCUT2D eigenvalue weighted by Crippen LogP contribution is -2.19. The van der Waals surface area contributed by atoms with E-state index in [2.05, 4.69) is 27.4 Å². The van der Waals surface area contributed by atoms with Crippen molar-refractivity contribution < 1.29 is 0 Å². The molecule has 0 aromatic carbocycles. The van der Waals surface area contributed by atoms with E-state index in [-0.39, 0.29) is 6.04 Å². The molecule has 1 unspecified atom stereocenters. The maximum atomic E-state index is 5.66. The van der Waals surface area contributed by atoms with Crippen molar-refractivity contribution in [2.75, 3.05) is 0 Å². The molecule has 0 fully saturated rings. The molecule has 2 N–H and O–H groups in total. The minimum Gasteiger partial charge on any atom is -0.324 e. The Balaban J connectivity index is 0. The van der Waals surface area contributed by atoms with Crippen molar-refractivity contribution in [2.24, 2.45) is 11.1 Å². The third-order valence-corrected chi connectivity index (χ3v) is 1.53. The Labute approximate surface area is 78.0 Å². The summed E-state index contributed by atoms with van der Waals surface area (Å²) in [5.41, 5.74) is 6.07. The summed E-state index contributed by atoms with van der Waals surface area (Å²) in [7, 11) is 0. The first-order chi connectivity index (χ1) is 5.45. The summed E-state index contributed by atoms with van der Waals surface area (Å²) in [5.74, 6) is 0. The lowest BCUT2D eigenvalue weighted by molar-refractivity contribution is 0.358. The van der Waals surface area contributed by atoms with Crippen molar-refractivity contribution in [3.63, 3.8) is 0 Å². The summed E-state index contributed by atoms with van der Waals surface area (Å²) in [6, 6.07) is 0.180. The van der Waals surface area contributed by atoms with Gasteiger partial charge in [-0.05, 0) is 18.3 Å². The van der Waals surface area contributed by atoms with Crippen LogP contribution in [0.2, 0.25) is 0 Å². The summed E-state index contributed by atoms with van der Waals surface area (Å²) in [6.45, 7) is 14.3. The summed E-state index contributed by atoms with van der Waals surface area (Å²) < 4.78 is 0. The van der Waals surface area contributed by atoms with Crippen molar-refractivity contribution in [1.82, 2.24) is 0 Å². The van der Waals surface area contributed by atoms with E-state index in [1.807, 2.05) is 19.9 Å². The van der Waals surface area contributed by atoms with E-state index >= 15 is 0 Å². The molecule has 0 aromatic heterocycles. The average molecular weight is 171 g/mol. The molecule has 74 valence electrons. The van der Waals surface area contributed by atoms with Crippen LogP contribution < -0.4 is 5.73 Å². The highest BCUT2D eigenvalue weighted by atomic mass is 14.6. The molecule has 0 radical (unpaired) electrons. The van der Waals surface area contributed by atoms with E-state index in [1.54, 1.807) is 0 Å². The van der Waals surface area contributed by atoms with Gasteiger partial charge >= 0.3 is 0 Å². The number of hydrogen-bond donors (Lipinski definition) is 1. The summed E-state index contributed by atoms with van der Waals surface area (Å²) in [5, 5.41) is 0. The van der Waals surface area contributed by atoms with Gasteiger partial charge in [-0.2, -0.15) is 0 Å². The van der Waals surface area contributed by atoms with Gasteiger partial charge in [0.2, 0.25) is 0 Å². The van der Waals surface area contributed by atoms with Crippen LogP contribution in [0.5, 0.6) is 0 Å². The largest absolute Gasteiger partial charge is 0.324 e. The highest BCUT2D eigenvalue weighted by Crippen LogP contribution is 2.21. The summed E-state index contributed by atoms with van der Waals surface area (Å²) in [6.07, 6.45) is 4.03. The molecule has 12 heavy (non-hydrogen) atoms. The van der Waals surface area contributed by atoms with Gasteiger partial charge in [0.1, 0.15) is 0 Å². The van der Waals surface area contributed by atoms with Crippen LogP contribution in [0.25, 0.3) is 0 Å². The minimum absolute atomic E-state index is 0.180. The Bertz CT molecular complexity index is 100. The van der Waals surface area contributed by atoms with E-state index in [9.17, 15) is 0 Å². The molecule has 1 heteroatoms. The van der Waals surface area contributed by atoms with Gasteiger partial charge < -0.3 is 5.73 Å². The quantitative estimate of drug-likeness (QED) is 0.647. The highest BCUT2D eigenvalue weighted by Gasteiger charge is 2.10. The van der Waals surface area contributed by atoms with Crippen LogP contribution in [0.15, 0.2) is 12.7 Å². The maximum absolute atomic E-state index is 5.66. The molecule has 0 aliphatic rings. The van der Waals surface area contributed by atoms with Gasteiger partial charge in [0, 0.05) is 6.04 Å². The Morgan fingerprint density at radius 3 is 2.00 bits per heavy atom. The Hall–Kier alpha value is -0.300. The van der Waals surface area contributed by atoms with Crippen LogP contribution in [0, 0.1) is 5.41 Å². The molecule has 0 aliphatic carbocycles. The lowest BCUT2D eigenvalue weighted by Gasteiger charge is -2.19. The van der Waals surface area contributed by atoms with Gasteiger partial charge in [0.15, 0.2) is 0 Å². The van der Waals surface area contributed by atoms with Crippen LogP contribution in [-0.2, 0) is 0 Å². The topological polar surface area (TPSA) is 26.0 Å². The monoisotopic (exact) mass is 171 g/mol. The average Bonchev–Trinajstić information content (AvgIpc) is 2.03. The molecule has 0 spiro atoms. The standard InChI is InChI=1S/C9H19N.C2H6/c1-5-8(10)6-7-9(2,3)4;1-2/h5,8H,1,6-7,10H2,2-4H3;1-2H3.